The molecule has 0 spiro atoms. The molecule has 0 aromatic heterocycles. The van der Waals surface area contributed by atoms with E-state index in [-0.39, 0.29) is 0 Å². The van der Waals surface area contributed by atoms with Crippen LogP contribution in [0.3, 0.4) is 0 Å². The van der Waals surface area contributed by atoms with Crippen LogP contribution in [0.4, 0.5) is 0 Å². The van der Waals surface area contributed by atoms with E-state index in [0.717, 1.165) is 12.2 Å². The van der Waals surface area contributed by atoms with Gasteiger partial charge < -0.3 is 4.55 Å². The highest BCUT2D eigenvalue weighted by Crippen LogP contribution is 2.33. The lowest BCUT2D eigenvalue weighted by atomic mass is 10.6. The van der Waals surface area contributed by atoms with Gasteiger partial charge in [0, 0.05) is 0 Å². The first-order chi connectivity index (χ1) is 3.06. The van der Waals surface area contributed by atoms with E-state index in [1.54, 1.807) is 0 Å². The third-order valence-corrected chi connectivity index (χ3v) is 2.11. The Hall–Kier alpha value is 0.310. The molecule has 0 aliphatic rings. The summed E-state index contributed by atoms with van der Waals surface area (Å²) in [6.07, 6.45) is 4.92. The fraction of sp³-hybridized carbons (Fsp3) is 1.00. The predicted octanol–water partition coefficient (Wildman–Crippen LogP) is 1.93. The van der Waals surface area contributed by atoms with Gasteiger partial charge in [0.2, 0.25) is 0 Å². The lowest BCUT2D eigenvalue weighted by Crippen LogP contribution is -1.96. The third-order valence-electron chi connectivity index (χ3n) is 0.704. The zero-order chi connectivity index (χ0) is 5.91. The summed E-state index contributed by atoms with van der Waals surface area (Å²) in [5.74, 6) is 0.979. The SMILES string of the molecule is CCCS(C)(C)O. The standard InChI is InChI=1S/C5H14OS/c1-4-5-7(2,3)6/h6H,4-5H2,1-3H3. The minimum absolute atomic E-state index is 0.979. The number of hydrogen-bond acceptors (Lipinski definition) is 1. The fourth-order valence-corrected chi connectivity index (χ4v) is 1.50. The van der Waals surface area contributed by atoms with Gasteiger partial charge in [0.15, 0.2) is 0 Å². The largest absolute Gasteiger partial charge is 0.352 e. The Balaban J connectivity index is 3.15. The van der Waals surface area contributed by atoms with Gasteiger partial charge in [0.25, 0.3) is 0 Å². The molecule has 46 valence electrons. The molecule has 7 heavy (non-hydrogen) atoms. The zero-order valence-corrected chi connectivity index (χ0v) is 6.09. The highest BCUT2D eigenvalue weighted by molar-refractivity contribution is 8.28. The van der Waals surface area contributed by atoms with Gasteiger partial charge >= 0.3 is 0 Å². The van der Waals surface area contributed by atoms with Crippen molar-refractivity contribution in [3.63, 3.8) is 0 Å². The second-order valence-electron chi connectivity index (χ2n) is 2.18. The molecule has 0 radical (unpaired) electrons. The Morgan fingerprint density at radius 1 is 1.43 bits per heavy atom. The molecule has 0 rings (SSSR count). The minimum Gasteiger partial charge on any atom is -0.352 e. The molecule has 0 aliphatic heterocycles. The molecular weight excluding hydrogens is 108 g/mol. The quantitative estimate of drug-likeness (QED) is 0.593. The molecule has 0 bridgehead atoms. The Morgan fingerprint density at radius 2 is 1.86 bits per heavy atom. The van der Waals surface area contributed by atoms with Gasteiger partial charge in [-0.15, -0.1) is 10.3 Å². The molecular formula is C5H14OS. The molecule has 0 aromatic carbocycles. The van der Waals surface area contributed by atoms with E-state index in [4.69, 9.17) is 4.55 Å². The molecule has 0 saturated heterocycles. The van der Waals surface area contributed by atoms with Gasteiger partial charge in [0.1, 0.15) is 0 Å². The van der Waals surface area contributed by atoms with Gasteiger partial charge in [-0.3, -0.25) is 0 Å². The molecule has 0 atom stereocenters. The summed E-state index contributed by atoms with van der Waals surface area (Å²) in [4.78, 5) is 0. The summed E-state index contributed by atoms with van der Waals surface area (Å²) in [5, 5.41) is 0. The maximum atomic E-state index is 9.10. The third kappa shape index (κ3) is 6.31. The van der Waals surface area contributed by atoms with E-state index in [0.29, 0.717) is 0 Å². The molecule has 0 saturated carbocycles. The number of hydrogen-bond donors (Lipinski definition) is 1. The lowest BCUT2D eigenvalue weighted by molar-refractivity contribution is 0.635. The Kier molecular flexibility index (Phi) is 2.69. The summed E-state index contributed by atoms with van der Waals surface area (Å²) < 4.78 is 9.10. The second kappa shape index (κ2) is 2.58. The van der Waals surface area contributed by atoms with E-state index in [1.807, 2.05) is 12.5 Å². The monoisotopic (exact) mass is 122 g/mol. The van der Waals surface area contributed by atoms with Gasteiger partial charge in [-0.2, -0.15) is 0 Å². The highest BCUT2D eigenvalue weighted by atomic mass is 32.3. The maximum absolute atomic E-state index is 9.10. The smallest absolute Gasteiger partial charge is 0.00202 e. The van der Waals surface area contributed by atoms with Gasteiger partial charge in [0.05, 0.1) is 0 Å². The molecule has 2 heteroatoms. The van der Waals surface area contributed by atoms with Crippen molar-refractivity contribution in [2.24, 2.45) is 0 Å². The van der Waals surface area contributed by atoms with Gasteiger partial charge in [-0.25, -0.2) is 0 Å². The molecule has 0 unspecified atom stereocenters. The first-order valence-electron chi connectivity index (χ1n) is 2.49. The Morgan fingerprint density at radius 3 is 1.86 bits per heavy atom. The predicted molar refractivity (Wildman–Crippen MR) is 37.2 cm³/mol. The summed E-state index contributed by atoms with van der Waals surface area (Å²) in [7, 11) is -1.17. The van der Waals surface area contributed by atoms with Crippen molar-refractivity contribution < 1.29 is 4.55 Å². The van der Waals surface area contributed by atoms with E-state index in [1.165, 1.54) is 0 Å². The van der Waals surface area contributed by atoms with Crippen LogP contribution in [0.2, 0.25) is 0 Å². The van der Waals surface area contributed by atoms with Crippen LogP contribution in [0, 0.1) is 0 Å². The summed E-state index contributed by atoms with van der Waals surface area (Å²) in [6.45, 7) is 2.09. The van der Waals surface area contributed by atoms with Crippen LogP contribution in [0.1, 0.15) is 13.3 Å². The van der Waals surface area contributed by atoms with Crippen molar-refractivity contribution in [2.75, 3.05) is 18.3 Å². The van der Waals surface area contributed by atoms with E-state index in [9.17, 15) is 0 Å². The molecule has 0 aliphatic carbocycles. The van der Waals surface area contributed by atoms with Crippen LogP contribution in [0.25, 0.3) is 0 Å². The molecule has 0 aromatic rings. The first kappa shape index (κ1) is 7.31. The van der Waals surface area contributed by atoms with Crippen LogP contribution >= 0.6 is 10.3 Å². The average Bonchev–Trinajstić information content (AvgIpc) is 1.30. The summed E-state index contributed by atoms with van der Waals surface area (Å²) in [6, 6.07) is 0. The van der Waals surface area contributed by atoms with Crippen LogP contribution in [0.5, 0.6) is 0 Å². The summed E-state index contributed by atoms with van der Waals surface area (Å²) in [5.41, 5.74) is 0. The van der Waals surface area contributed by atoms with Crippen LogP contribution in [-0.2, 0) is 0 Å². The maximum Gasteiger partial charge on any atom is -0.00202 e. The Bertz CT molecular complexity index is 46.5. The van der Waals surface area contributed by atoms with Crippen molar-refractivity contribution in [1.29, 1.82) is 0 Å². The zero-order valence-electron chi connectivity index (χ0n) is 5.27. The van der Waals surface area contributed by atoms with Crippen molar-refractivity contribution in [3.05, 3.63) is 0 Å². The van der Waals surface area contributed by atoms with Crippen molar-refractivity contribution in [2.45, 2.75) is 13.3 Å². The highest BCUT2D eigenvalue weighted by Gasteiger charge is 2.01. The minimum atomic E-state index is -1.17. The normalized spacial score (nSPS) is 14.3. The molecule has 1 N–H and O–H groups in total. The average molecular weight is 122 g/mol. The molecule has 0 fully saturated rings. The second-order valence-corrected chi connectivity index (χ2v) is 5.55. The van der Waals surface area contributed by atoms with Crippen molar-refractivity contribution in [3.8, 4) is 0 Å². The van der Waals surface area contributed by atoms with Crippen LogP contribution in [-0.4, -0.2) is 22.8 Å². The van der Waals surface area contributed by atoms with Gasteiger partial charge in [-0.1, -0.05) is 6.92 Å². The molecule has 0 heterocycles. The van der Waals surface area contributed by atoms with E-state index in [2.05, 4.69) is 6.92 Å². The first-order valence-corrected chi connectivity index (χ1v) is 5.07. The molecule has 0 amide bonds. The van der Waals surface area contributed by atoms with Gasteiger partial charge in [-0.05, 0) is 24.7 Å². The number of rotatable bonds is 2. The fourth-order valence-electron chi connectivity index (χ4n) is 0.500. The van der Waals surface area contributed by atoms with Crippen molar-refractivity contribution >= 4 is 10.3 Å². The van der Waals surface area contributed by atoms with Crippen LogP contribution in [0.15, 0.2) is 0 Å². The van der Waals surface area contributed by atoms with E-state index < -0.39 is 10.3 Å². The lowest BCUT2D eigenvalue weighted by Gasteiger charge is -2.21. The molecule has 1 nitrogen and oxygen atoms in total. The van der Waals surface area contributed by atoms with E-state index >= 15 is 0 Å². The van der Waals surface area contributed by atoms with Crippen LogP contribution < -0.4 is 0 Å². The topological polar surface area (TPSA) is 20.2 Å². The Labute approximate surface area is 47.3 Å². The van der Waals surface area contributed by atoms with Crippen molar-refractivity contribution in [1.82, 2.24) is 0 Å². The summed E-state index contributed by atoms with van der Waals surface area (Å²) >= 11 is 0.